The Bertz CT molecular complexity index is 777. The van der Waals surface area contributed by atoms with Crippen molar-refractivity contribution >= 4 is 10.9 Å². The molecule has 0 saturated carbocycles. The molecule has 2 rings (SSSR count). The number of nitrogens with zero attached hydrogens (tertiary/aromatic N) is 1. The van der Waals surface area contributed by atoms with Gasteiger partial charge in [0.2, 0.25) is 0 Å². The van der Waals surface area contributed by atoms with Gasteiger partial charge in [-0.3, -0.25) is 4.79 Å². The van der Waals surface area contributed by atoms with Gasteiger partial charge in [0.15, 0.2) is 0 Å². The summed E-state index contributed by atoms with van der Waals surface area (Å²) in [5, 5.41) is 11.5. The van der Waals surface area contributed by atoms with Crippen LogP contribution in [0.4, 0.5) is 0 Å². The van der Waals surface area contributed by atoms with Crippen LogP contribution in [0.3, 0.4) is 0 Å². The Balaban J connectivity index is 2.91. The first-order valence-electron chi connectivity index (χ1n) is 8.44. The lowest BCUT2D eigenvalue weighted by molar-refractivity contribution is 0.461. The van der Waals surface area contributed by atoms with E-state index >= 15 is 0 Å². The number of hydrogen-bond donors (Lipinski definition) is 1. The Hall–Kier alpha value is -1.77. The largest absolute Gasteiger partial charge is 0.507 e. The van der Waals surface area contributed by atoms with Gasteiger partial charge in [-0.1, -0.05) is 54.5 Å². The second-order valence-electron chi connectivity index (χ2n) is 8.21. The standard InChI is InChI=1S/C20H29NO2/c1-12(2)11-21-16-9-8-14(20(5,6)7)10-15(16)18(22)17(13(3)4)19(21)23/h8-10,12-13,22H,11H2,1-7H3. The molecule has 1 aromatic carbocycles. The van der Waals surface area contributed by atoms with E-state index in [1.54, 1.807) is 0 Å². The minimum Gasteiger partial charge on any atom is -0.507 e. The summed E-state index contributed by atoms with van der Waals surface area (Å²) in [7, 11) is 0. The van der Waals surface area contributed by atoms with Crippen LogP contribution in [0.15, 0.2) is 23.0 Å². The molecule has 1 N–H and O–H groups in total. The highest BCUT2D eigenvalue weighted by Crippen LogP contribution is 2.34. The molecule has 126 valence electrons. The fraction of sp³-hybridized carbons (Fsp3) is 0.550. The van der Waals surface area contributed by atoms with E-state index in [9.17, 15) is 9.90 Å². The third kappa shape index (κ3) is 3.29. The van der Waals surface area contributed by atoms with Crippen molar-refractivity contribution in [2.24, 2.45) is 5.92 Å². The fourth-order valence-corrected chi connectivity index (χ4v) is 3.00. The highest BCUT2D eigenvalue weighted by atomic mass is 16.3. The summed E-state index contributed by atoms with van der Waals surface area (Å²) in [4.78, 5) is 12.9. The van der Waals surface area contributed by atoms with Gasteiger partial charge >= 0.3 is 0 Å². The van der Waals surface area contributed by atoms with Gasteiger partial charge < -0.3 is 9.67 Å². The van der Waals surface area contributed by atoms with Crippen LogP contribution in [0.5, 0.6) is 5.75 Å². The number of hydrogen-bond acceptors (Lipinski definition) is 2. The van der Waals surface area contributed by atoms with E-state index in [0.717, 1.165) is 16.5 Å². The van der Waals surface area contributed by atoms with Gasteiger partial charge in [0.25, 0.3) is 5.56 Å². The smallest absolute Gasteiger partial charge is 0.258 e. The molecule has 2 aromatic rings. The van der Waals surface area contributed by atoms with E-state index in [1.807, 2.05) is 30.5 Å². The van der Waals surface area contributed by atoms with Gasteiger partial charge in [-0.25, -0.2) is 0 Å². The van der Waals surface area contributed by atoms with E-state index < -0.39 is 0 Å². The Morgan fingerprint density at radius 2 is 1.74 bits per heavy atom. The number of benzene rings is 1. The van der Waals surface area contributed by atoms with Crippen molar-refractivity contribution in [3.63, 3.8) is 0 Å². The van der Waals surface area contributed by atoms with Crippen molar-refractivity contribution in [1.82, 2.24) is 4.57 Å². The molecule has 0 saturated heterocycles. The van der Waals surface area contributed by atoms with E-state index in [4.69, 9.17) is 0 Å². The summed E-state index contributed by atoms with van der Waals surface area (Å²) in [5.41, 5.74) is 2.42. The van der Waals surface area contributed by atoms with Crippen molar-refractivity contribution in [2.75, 3.05) is 0 Å². The summed E-state index contributed by atoms with van der Waals surface area (Å²) in [6, 6.07) is 6.07. The molecule has 0 atom stereocenters. The second kappa shape index (κ2) is 6.03. The molecule has 1 aromatic heterocycles. The zero-order valence-electron chi connectivity index (χ0n) is 15.4. The molecule has 0 aliphatic rings. The van der Waals surface area contributed by atoms with Crippen molar-refractivity contribution in [3.05, 3.63) is 39.7 Å². The molecule has 0 aliphatic heterocycles. The minimum absolute atomic E-state index is 0.00234. The zero-order valence-corrected chi connectivity index (χ0v) is 15.4. The van der Waals surface area contributed by atoms with Crippen LogP contribution in [0.1, 0.15) is 65.5 Å². The molecule has 0 spiro atoms. The van der Waals surface area contributed by atoms with Gasteiger partial charge in [0.05, 0.1) is 11.1 Å². The van der Waals surface area contributed by atoms with Crippen LogP contribution in [0.25, 0.3) is 10.9 Å². The van der Waals surface area contributed by atoms with Crippen LogP contribution in [-0.2, 0) is 12.0 Å². The lowest BCUT2D eigenvalue weighted by Crippen LogP contribution is -2.27. The van der Waals surface area contributed by atoms with Crippen LogP contribution < -0.4 is 5.56 Å². The SMILES string of the molecule is CC(C)Cn1c(=O)c(C(C)C)c(O)c2cc(C(C)(C)C)ccc21. The van der Waals surface area contributed by atoms with E-state index in [2.05, 4.69) is 40.7 Å². The molecule has 0 unspecified atom stereocenters. The van der Waals surface area contributed by atoms with E-state index in [0.29, 0.717) is 18.0 Å². The zero-order chi connectivity index (χ0) is 17.5. The molecular formula is C20H29NO2. The third-order valence-electron chi connectivity index (χ3n) is 4.26. The van der Waals surface area contributed by atoms with Crippen molar-refractivity contribution in [3.8, 4) is 5.75 Å². The molecule has 3 nitrogen and oxygen atoms in total. The highest BCUT2D eigenvalue weighted by Gasteiger charge is 2.21. The van der Waals surface area contributed by atoms with E-state index in [1.165, 1.54) is 0 Å². The Morgan fingerprint density at radius 1 is 1.13 bits per heavy atom. The highest BCUT2D eigenvalue weighted by molar-refractivity contribution is 5.87. The van der Waals surface area contributed by atoms with Crippen LogP contribution in [-0.4, -0.2) is 9.67 Å². The second-order valence-corrected chi connectivity index (χ2v) is 8.21. The molecule has 0 fully saturated rings. The predicted molar refractivity (Wildman–Crippen MR) is 97.5 cm³/mol. The monoisotopic (exact) mass is 315 g/mol. The summed E-state index contributed by atoms with van der Waals surface area (Å²) in [6.45, 7) is 15.2. The summed E-state index contributed by atoms with van der Waals surface area (Å²) < 4.78 is 1.82. The molecule has 1 heterocycles. The van der Waals surface area contributed by atoms with Gasteiger partial charge in [-0.2, -0.15) is 0 Å². The molecule has 23 heavy (non-hydrogen) atoms. The van der Waals surface area contributed by atoms with Crippen molar-refractivity contribution in [1.29, 1.82) is 0 Å². The maximum atomic E-state index is 12.9. The minimum atomic E-state index is -0.0674. The van der Waals surface area contributed by atoms with Crippen LogP contribution in [0.2, 0.25) is 0 Å². The number of aromatic nitrogens is 1. The summed E-state index contributed by atoms with van der Waals surface area (Å²) >= 11 is 0. The van der Waals surface area contributed by atoms with Crippen LogP contribution >= 0.6 is 0 Å². The Labute approximate surface area is 139 Å². The average Bonchev–Trinajstić information content (AvgIpc) is 2.41. The molecule has 0 aliphatic carbocycles. The van der Waals surface area contributed by atoms with Gasteiger partial charge in [0.1, 0.15) is 5.75 Å². The van der Waals surface area contributed by atoms with E-state index in [-0.39, 0.29) is 22.6 Å². The number of aromatic hydroxyl groups is 1. The lowest BCUT2D eigenvalue weighted by Gasteiger charge is -2.22. The summed E-state index contributed by atoms with van der Waals surface area (Å²) in [6.07, 6.45) is 0. The van der Waals surface area contributed by atoms with Gasteiger partial charge in [-0.15, -0.1) is 0 Å². The van der Waals surface area contributed by atoms with Gasteiger partial charge in [-0.05, 0) is 34.9 Å². The lowest BCUT2D eigenvalue weighted by atomic mass is 9.86. The predicted octanol–water partition coefficient (Wildman–Crippen LogP) is 4.78. The quantitative estimate of drug-likeness (QED) is 0.885. The maximum absolute atomic E-state index is 12.9. The number of rotatable bonds is 3. The Morgan fingerprint density at radius 3 is 2.22 bits per heavy atom. The first kappa shape index (κ1) is 17.6. The molecular weight excluding hydrogens is 286 g/mol. The maximum Gasteiger partial charge on any atom is 0.258 e. The Kier molecular flexibility index (Phi) is 4.61. The number of pyridine rings is 1. The molecule has 0 radical (unpaired) electrons. The average molecular weight is 315 g/mol. The van der Waals surface area contributed by atoms with Gasteiger partial charge in [0, 0.05) is 11.9 Å². The first-order chi connectivity index (χ1) is 10.5. The first-order valence-corrected chi connectivity index (χ1v) is 8.44. The molecule has 3 heteroatoms. The third-order valence-corrected chi connectivity index (χ3v) is 4.26. The number of fused-ring (bicyclic) bond motifs is 1. The normalized spacial score (nSPS) is 12.6. The van der Waals surface area contributed by atoms with Crippen molar-refractivity contribution in [2.45, 2.75) is 66.3 Å². The van der Waals surface area contributed by atoms with Crippen LogP contribution in [0, 0.1) is 5.92 Å². The molecule has 0 bridgehead atoms. The summed E-state index contributed by atoms with van der Waals surface area (Å²) in [5.74, 6) is 0.498. The fourth-order valence-electron chi connectivity index (χ4n) is 3.00. The topological polar surface area (TPSA) is 42.2 Å². The van der Waals surface area contributed by atoms with Crippen molar-refractivity contribution < 1.29 is 5.11 Å². The molecule has 0 amide bonds.